The monoisotopic (exact) mass is 477 g/mol. The van der Waals surface area contributed by atoms with E-state index in [1.165, 1.54) is 0 Å². The normalized spacial score (nSPS) is 20.9. The molecule has 1 aromatic heterocycles. The molecule has 0 saturated carbocycles. The van der Waals surface area contributed by atoms with Gasteiger partial charge in [0.1, 0.15) is 5.82 Å². The number of H-pyrrole nitrogens is 1. The van der Waals surface area contributed by atoms with Gasteiger partial charge in [-0.2, -0.15) is 10.1 Å². The van der Waals surface area contributed by atoms with Crippen molar-refractivity contribution in [1.29, 1.82) is 0 Å². The van der Waals surface area contributed by atoms with Crippen LogP contribution in [0.1, 0.15) is 31.5 Å². The lowest BCUT2D eigenvalue weighted by Gasteiger charge is -2.29. The van der Waals surface area contributed by atoms with Crippen LogP contribution in [0.4, 0.5) is 5.82 Å². The predicted octanol–water partition coefficient (Wildman–Crippen LogP) is 4.33. The molecule has 1 atom stereocenters. The van der Waals surface area contributed by atoms with E-state index in [4.69, 9.17) is 21.6 Å². The molecule has 2 aliphatic heterocycles. The maximum absolute atomic E-state index is 12.0. The number of rotatable bonds is 5. The number of carbonyl (C=O) groups is 1. The van der Waals surface area contributed by atoms with Gasteiger partial charge in [-0.3, -0.25) is 9.89 Å². The molecule has 1 saturated heterocycles. The molecule has 2 aliphatic rings. The maximum Gasteiger partial charge on any atom is 0.239 e. The molecule has 3 N–H and O–H groups in total. The highest BCUT2D eigenvalue weighted by Crippen LogP contribution is 2.20. The summed E-state index contributed by atoms with van der Waals surface area (Å²) in [5, 5.41) is 14.1. The summed E-state index contributed by atoms with van der Waals surface area (Å²) in [6.45, 7) is 5.63. The largest absolute Gasteiger partial charge is 0.353 e. The Bertz CT molecular complexity index is 1190. The first-order valence-electron chi connectivity index (χ1n) is 11.3. The molecule has 9 heteroatoms. The molecular formula is C25H28ClN7O. The van der Waals surface area contributed by atoms with Gasteiger partial charge in [0.05, 0.1) is 12.2 Å². The lowest BCUT2D eigenvalue weighted by atomic mass is 9.99. The van der Waals surface area contributed by atoms with Gasteiger partial charge in [-0.05, 0) is 49.3 Å². The first-order chi connectivity index (χ1) is 16.5. The predicted molar refractivity (Wildman–Crippen MR) is 139 cm³/mol. The summed E-state index contributed by atoms with van der Waals surface area (Å²) in [5.74, 6) is 1.87. The Balaban J connectivity index is 1.67. The lowest BCUT2D eigenvalue weighted by molar-refractivity contribution is -0.123. The third-order valence-electron chi connectivity index (χ3n) is 5.46. The van der Waals surface area contributed by atoms with Gasteiger partial charge in [0.2, 0.25) is 11.9 Å². The van der Waals surface area contributed by atoms with Gasteiger partial charge in [0.15, 0.2) is 5.82 Å². The second kappa shape index (κ2) is 11.0. The number of guanidine groups is 1. The number of hydrogen-bond donors (Lipinski definition) is 3. The lowest BCUT2D eigenvalue weighted by Crippen LogP contribution is -2.47. The standard InChI is InChI=1S/C25H28ClN7O/c1-3-5-20-15-22(32-31-20)29-25-28-21(10-9-18-6-4-7-19(26)14-18)17(2)8-11-23(30-25)33-13-12-27-24(34)16-33/h3-7,9-11,14-15,17H,8,12-13,16H2,1-2H3,(H,27,34)(H2,29,30,31,32)/b5-3+,10-9+,23-11-,28-21?. The number of benzene rings is 1. The summed E-state index contributed by atoms with van der Waals surface area (Å²) in [6, 6.07) is 9.56. The summed E-state index contributed by atoms with van der Waals surface area (Å²) in [7, 11) is 0. The SMILES string of the molecule is C/C=C/c1cc(NC2=N/C(N3CCNC(=O)C3)=C/CC(C)C(/C=C/c3cccc(Cl)c3)=N2)n[nH]1. The Kier molecular flexibility index (Phi) is 7.59. The average molecular weight is 478 g/mol. The molecule has 0 bridgehead atoms. The second-order valence-electron chi connectivity index (χ2n) is 8.16. The summed E-state index contributed by atoms with van der Waals surface area (Å²) < 4.78 is 0. The zero-order valence-corrected chi connectivity index (χ0v) is 20.0. The van der Waals surface area contributed by atoms with E-state index in [1.54, 1.807) is 0 Å². The first kappa shape index (κ1) is 23.5. The smallest absolute Gasteiger partial charge is 0.239 e. The molecule has 4 rings (SSSR count). The number of aromatic amines is 1. The fourth-order valence-corrected chi connectivity index (χ4v) is 3.88. The van der Waals surface area contributed by atoms with E-state index in [-0.39, 0.29) is 18.4 Å². The van der Waals surface area contributed by atoms with Gasteiger partial charge < -0.3 is 15.5 Å². The Morgan fingerprint density at radius 2 is 2.09 bits per heavy atom. The van der Waals surface area contributed by atoms with Gasteiger partial charge in [-0.25, -0.2) is 4.99 Å². The number of piperazine rings is 1. The first-order valence-corrected chi connectivity index (χ1v) is 11.7. The number of aromatic nitrogens is 2. The Hall–Kier alpha value is -3.65. The maximum atomic E-state index is 12.0. The number of anilines is 1. The van der Waals surface area contributed by atoms with Crippen molar-refractivity contribution >= 4 is 47.1 Å². The van der Waals surface area contributed by atoms with E-state index in [9.17, 15) is 4.79 Å². The molecule has 1 aromatic carbocycles. The highest BCUT2D eigenvalue weighted by molar-refractivity contribution is 6.30. The van der Waals surface area contributed by atoms with Crippen molar-refractivity contribution < 1.29 is 4.79 Å². The highest BCUT2D eigenvalue weighted by atomic mass is 35.5. The third-order valence-corrected chi connectivity index (χ3v) is 5.69. The Labute approximate surface area is 204 Å². The molecule has 1 fully saturated rings. The van der Waals surface area contributed by atoms with Crippen molar-refractivity contribution in [2.75, 3.05) is 25.0 Å². The Morgan fingerprint density at radius 3 is 2.88 bits per heavy atom. The summed E-state index contributed by atoms with van der Waals surface area (Å²) in [5.41, 5.74) is 2.75. The molecule has 176 valence electrons. The van der Waals surface area contributed by atoms with E-state index in [1.807, 2.05) is 66.5 Å². The van der Waals surface area contributed by atoms with Crippen molar-refractivity contribution in [2.45, 2.75) is 20.3 Å². The summed E-state index contributed by atoms with van der Waals surface area (Å²) >= 11 is 6.13. The van der Waals surface area contributed by atoms with E-state index in [0.717, 1.165) is 29.2 Å². The van der Waals surface area contributed by atoms with Crippen LogP contribution in [-0.2, 0) is 4.79 Å². The zero-order chi connectivity index (χ0) is 23.9. The van der Waals surface area contributed by atoms with Crippen LogP contribution in [-0.4, -0.2) is 52.3 Å². The molecule has 34 heavy (non-hydrogen) atoms. The molecule has 2 aromatic rings. The number of aliphatic imine (C=N–C) groups is 2. The van der Waals surface area contributed by atoms with Crippen molar-refractivity contribution in [1.82, 2.24) is 20.4 Å². The van der Waals surface area contributed by atoms with Crippen LogP contribution in [0.2, 0.25) is 5.02 Å². The Morgan fingerprint density at radius 1 is 1.21 bits per heavy atom. The molecule has 0 radical (unpaired) electrons. The molecule has 0 spiro atoms. The highest BCUT2D eigenvalue weighted by Gasteiger charge is 2.21. The fourth-order valence-electron chi connectivity index (χ4n) is 3.68. The fraction of sp³-hybridized carbons (Fsp3) is 0.280. The topological polar surface area (TPSA) is 97.8 Å². The van der Waals surface area contributed by atoms with Crippen molar-refractivity contribution in [3.8, 4) is 0 Å². The number of hydrogen-bond acceptors (Lipinski definition) is 6. The van der Waals surface area contributed by atoms with Crippen LogP contribution in [0.5, 0.6) is 0 Å². The van der Waals surface area contributed by atoms with Crippen LogP contribution in [0.25, 0.3) is 12.2 Å². The van der Waals surface area contributed by atoms with Gasteiger partial charge in [0.25, 0.3) is 0 Å². The molecule has 0 aliphatic carbocycles. The van der Waals surface area contributed by atoms with Gasteiger partial charge >= 0.3 is 0 Å². The number of carbonyl (C=O) groups excluding carboxylic acids is 1. The number of allylic oxidation sites excluding steroid dienone is 3. The van der Waals surface area contributed by atoms with Crippen molar-refractivity contribution in [2.24, 2.45) is 15.9 Å². The van der Waals surface area contributed by atoms with Crippen LogP contribution in [0.15, 0.2) is 64.4 Å². The van der Waals surface area contributed by atoms with Crippen molar-refractivity contribution in [3.63, 3.8) is 0 Å². The quantitative estimate of drug-likeness (QED) is 0.597. The van der Waals surface area contributed by atoms with Gasteiger partial charge in [-0.15, -0.1) is 0 Å². The number of nitrogens with one attached hydrogen (secondary N) is 3. The number of halogens is 1. The number of amides is 1. The minimum atomic E-state index is -0.0103. The third kappa shape index (κ3) is 6.23. The van der Waals surface area contributed by atoms with Crippen LogP contribution < -0.4 is 10.6 Å². The molecule has 1 amide bonds. The van der Waals surface area contributed by atoms with E-state index < -0.39 is 0 Å². The molecule has 3 heterocycles. The van der Waals surface area contributed by atoms with Crippen LogP contribution in [0.3, 0.4) is 0 Å². The summed E-state index contributed by atoms with van der Waals surface area (Å²) in [4.78, 5) is 23.6. The summed E-state index contributed by atoms with van der Waals surface area (Å²) in [6.07, 6.45) is 10.7. The van der Waals surface area contributed by atoms with E-state index in [2.05, 4.69) is 33.8 Å². The minimum absolute atomic E-state index is 0.0103. The zero-order valence-electron chi connectivity index (χ0n) is 19.3. The van der Waals surface area contributed by atoms with E-state index >= 15 is 0 Å². The van der Waals surface area contributed by atoms with Crippen LogP contribution in [0, 0.1) is 5.92 Å². The molecular weight excluding hydrogens is 450 g/mol. The average Bonchev–Trinajstić information content (AvgIpc) is 3.25. The van der Waals surface area contributed by atoms with Crippen LogP contribution >= 0.6 is 11.6 Å². The van der Waals surface area contributed by atoms with Gasteiger partial charge in [0, 0.05) is 35.8 Å². The van der Waals surface area contributed by atoms with Gasteiger partial charge in [-0.1, -0.05) is 42.8 Å². The minimum Gasteiger partial charge on any atom is -0.353 e. The number of nitrogens with zero attached hydrogens (tertiary/aromatic N) is 4. The molecule has 8 nitrogen and oxygen atoms in total. The van der Waals surface area contributed by atoms with E-state index in [0.29, 0.717) is 29.9 Å². The van der Waals surface area contributed by atoms with Crippen molar-refractivity contribution in [3.05, 3.63) is 70.7 Å². The second-order valence-corrected chi connectivity index (χ2v) is 8.60. The molecule has 1 unspecified atom stereocenters.